The van der Waals surface area contributed by atoms with Crippen LogP contribution in [-0.2, 0) is 6.54 Å². The van der Waals surface area contributed by atoms with Gasteiger partial charge in [-0.1, -0.05) is 23.5 Å². The minimum atomic E-state index is -0.417. The number of rotatable bonds is 5. The van der Waals surface area contributed by atoms with Crippen LogP contribution in [0.25, 0.3) is 10.2 Å². The molecular formula is C20H18N2O5S. The van der Waals surface area contributed by atoms with Gasteiger partial charge in [0.1, 0.15) is 0 Å². The molecule has 144 valence electrons. The molecule has 28 heavy (non-hydrogen) atoms. The van der Waals surface area contributed by atoms with Gasteiger partial charge in [0, 0.05) is 18.7 Å². The molecule has 0 fully saturated rings. The van der Waals surface area contributed by atoms with Crippen LogP contribution >= 0.6 is 11.3 Å². The number of fused-ring (bicyclic) bond motifs is 2. The number of allylic oxidation sites excluding steroid dienone is 1. The lowest BCUT2D eigenvalue weighted by molar-refractivity contribution is 0.0994. The molecule has 1 aliphatic rings. The molecule has 0 spiro atoms. The molecule has 0 atom stereocenters. The molecule has 3 aromatic rings. The van der Waals surface area contributed by atoms with Gasteiger partial charge in [-0.25, -0.2) is 0 Å². The van der Waals surface area contributed by atoms with Crippen molar-refractivity contribution in [2.45, 2.75) is 6.54 Å². The van der Waals surface area contributed by atoms with Crippen molar-refractivity contribution in [2.24, 2.45) is 4.99 Å². The van der Waals surface area contributed by atoms with Crippen LogP contribution in [0, 0.1) is 0 Å². The summed E-state index contributed by atoms with van der Waals surface area (Å²) in [6.45, 7) is 4.52. The fourth-order valence-electron chi connectivity index (χ4n) is 3.05. The van der Waals surface area contributed by atoms with Crippen molar-refractivity contribution in [1.29, 1.82) is 0 Å². The van der Waals surface area contributed by atoms with E-state index in [9.17, 15) is 4.79 Å². The Hall–Kier alpha value is -3.26. The highest BCUT2D eigenvalue weighted by Gasteiger charge is 2.19. The predicted molar refractivity (Wildman–Crippen MR) is 106 cm³/mol. The molecule has 0 N–H and O–H groups in total. The molecule has 8 heteroatoms. The molecule has 0 aliphatic carbocycles. The van der Waals surface area contributed by atoms with Gasteiger partial charge in [0.2, 0.25) is 6.79 Å². The first-order valence-electron chi connectivity index (χ1n) is 8.50. The van der Waals surface area contributed by atoms with E-state index in [4.69, 9.17) is 18.9 Å². The Morgan fingerprint density at radius 1 is 1.29 bits per heavy atom. The second-order valence-electron chi connectivity index (χ2n) is 5.92. The molecule has 0 saturated heterocycles. The van der Waals surface area contributed by atoms with Crippen molar-refractivity contribution in [3.05, 3.63) is 53.4 Å². The van der Waals surface area contributed by atoms with Crippen molar-refractivity contribution < 1.29 is 23.7 Å². The van der Waals surface area contributed by atoms with Crippen molar-refractivity contribution in [2.75, 3.05) is 21.0 Å². The summed E-state index contributed by atoms with van der Waals surface area (Å²) in [6.07, 6.45) is 1.76. The molecule has 7 nitrogen and oxygen atoms in total. The maximum atomic E-state index is 12.9. The summed E-state index contributed by atoms with van der Waals surface area (Å²) in [5.74, 6) is 1.78. The monoisotopic (exact) mass is 398 g/mol. The van der Waals surface area contributed by atoms with Gasteiger partial charge in [-0.3, -0.25) is 4.79 Å². The van der Waals surface area contributed by atoms with E-state index in [2.05, 4.69) is 11.6 Å². The molecule has 0 radical (unpaired) electrons. The van der Waals surface area contributed by atoms with Gasteiger partial charge in [0.05, 0.1) is 30.0 Å². The van der Waals surface area contributed by atoms with E-state index < -0.39 is 5.91 Å². The van der Waals surface area contributed by atoms with Gasteiger partial charge in [-0.2, -0.15) is 4.99 Å². The molecule has 1 amide bonds. The number of hydrogen-bond acceptors (Lipinski definition) is 6. The summed E-state index contributed by atoms with van der Waals surface area (Å²) in [5, 5.41) is 0. The fraction of sp³-hybridized carbons (Fsp3) is 0.200. The lowest BCUT2D eigenvalue weighted by atomic mass is 10.2. The zero-order valence-electron chi connectivity index (χ0n) is 15.4. The van der Waals surface area contributed by atoms with Crippen molar-refractivity contribution >= 4 is 27.5 Å². The SMILES string of the molecule is C=CCn1c(=NC(=O)c2cccc(OC)c2OC)sc2cc3c(cc21)OCO3. The van der Waals surface area contributed by atoms with Crippen LogP contribution in [0.1, 0.15) is 10.4 Å². The largest absolute Gasteiger partial charge is 0.493 e. The summed E-state index contributed by atoms with van der Waals surface area (Å²) in [5.41, 5.74) is 1.23. The van der Waals surface area contributed by atoms with Gasteiger partial charge in [-0.05, 0) is 12.1 Å². The zero-order chi connectivity index (χ0) is 19.7. The molecule has 2 heterocycles. The first-order chi connectivity index (χ1) is 13.7. The van der Waals surface area contributed by atoms with E-state index in [0.717, 1.165) is 10.2 Å². The highest BCUT2D eigenvalue weighted by Crippen LogP contribution is 2.37. The third-order valence-corrected chi connectivity index (χ3v) is 5.36. The fourth-order valence-corrected chi connectivity index (χ4v) is 4.10. The van der Waals surface area contributed by atoms with E-state index in [1.54, 1.807) is 24.3 Å². The Kier molecular flexibility index (Phi) is 4.79. The number of amides is 1. The van der Waals surface area contributed by atoms with Crippen LogP contribution in [0.2, 0.25) is 0 Å². The average molecular weight is 398 g/mol. The number of methoxy groups -OCH3 is 2. The van der Waals surface area contributed by atoms with E-state index in [-0.39, 0.29) is 6.79 Å². The van der Waals surface area contributed by atoms with Gasteiger partial charge in [0.15, 0.2) is 27.8 Å². The maximum Gasteiger partial charge on any atom is 0.283 e. The first-order valence-corrected chi connectivity index (χ1v) is 9.32. The zero-order valence-corrected chi connectivity index (χ0v) is 16.2. The molecule has 2 aromatic carbocycles. The van der Waals surface area contributed by atoms with E-state index in [0.29, 0.717) is 39.9 Å². The number of aromatic nitrogens is 1. The Balaban J connectivity index is 1.86. The molecule has 0 unspecified atom stereocenters. The third-order valence-electron chi connectivity index (χ3n) is 4.32. The summed E-state index contributed by atoms with van der Waals surface area (Å²) in [6, 6.07) is 8.92. The number of thiazole rings is 1. The van der Waals surface area contributed by atoms with E-state index in [1.165, 1.54) is 25.6 Å². The maximum absolute atomic E-state index is 12.9. The van der Waals surface area contributed by atoms with E-state index >= 15 is 0 Å². The molecule has 0 saturated carbocycles. The number of hydrogen-bond donors (Lipinski definition) is 0. The summed E-state index contributed by atoms with van der Waals surface area (Å²) in [7, 11) is 3.02. The Morgan fingerprint density at radius 3 is 2.79 bits per heavy atom. The van der Waals surface area contributed by atoms with Gasteiger partial charge in [0.25, 0.3) is 5.91 Å². The number of carbonyl (C=O) groups excluding carboxylic acids is 1. The van der Waals surface area contributed by atoms with Crippen LogP contribution in [0.15, 0.2) is 48.0 Å². The molecule has 1 aliphatic heterocycles. The van der Waals surface area contributed by atoms with Crippen LogP contribution in [0.4, 0.5) is 0 Å². The number of carbonyl (C=O) groups is 1. The van der Waals surface area contributed by atoms with Crippen molar-refractivity contribution in [1.82, 2.24) is 4.57 Å². The summed E-state index contributed by atoms with van der Waals surface area (Å²) >= 11 is 1.40. The predicted octanol–water partition coefficient (Wildman–Crippen LogP) is 3.38. The topological polar surface area (TPSA) is 71.3 Å². The highest BCUT2D eigenvalue weighted by molar-refractivity contribution is 7.16. The first kappa shape index (κ1) is 18.1. The van der Waals surface area contributed by atoms with Crippen LogP contribution in [-0.4, -0.2) is 31.5 Å². The number of para-hydroxylation sites is 1. The second kappa shape index (κ2) is 7.40. The van der Waals surface area contributed by atoms with Gasteiger partial charge < -0.3 is 23.5 Å². The summed E-state index contributed by atoms with van der Waals surface area (Å²) < 4.78 is 24.4. The van der Waals surface area contributed by atoms with Crippen LogP contribution < -0.4 is 23.7 Å². The number of ether oxygens (including phenoxy) is 4. The molecule has 0 bridgehead atoms. The number of nitrogens with zero attached hydrogens (tertiary/aromatic N) is 2. The number of benzene rings is 2. The highest BCUT2D eigenvalue weighted by atomic mass is 32.1. The minimum Gasteiger partial charge on any atom is -0.493 e. The molecule has 4 rings (SSSR count). The van der Waals surface area contributed by atoms with Crippen LogP contribution in [0.5, 0.6) is 23.0 Å². The Bertz CT molecular complexity index is 1150. The van der Waals surface area contributed by atoms with Crippen molar-refractivity contribution in [3.8, 4) is 23.0 Å². The second-order valence-corrected chi connectivity index (χ2v) is 6.92. The Morgan fingerprint density at radius 2 is 2.07 bits per heavy atom. The lowest BCUT2D eigenvalue weighted by Gasteiger charge is -2.09. The molecule has 1 aromatic heterocycles. The normalized spacial score (nSPS) is 13.0. The van der Waals surface area contributed by atoms with Gasteiger partial charge in [-0.15, -0.1) is 6.58 Å². The van der Waals surface area contributed by atoms with E-state index in [1.807, 2.05) is 16.7 Å². The van der Waals surface area contributed by atoms with Crippen LogP contribution in [0.3, 0.4) is 0 Å². The minimum absolute atomic E-state index is 0.208. The Labute approximate surface area is 165 Å². The smallest absolute Gasteiger partial charge is 0.283 e. The van der Waals surface area contributed by atoms with Gasteiger partial charge >= 0.3 is 0 Å². The average Bonchev–Trinajstić information content (AvgIpc) is 3.29. The lowest BCUT2D eigenvalue weighted by Crippen LogP contribution is -2.16. The standard InChI is InChI=1S/C20H18N2O5S/c1-4-8-22-13-9-15-16(27-11-26-15)10-17(13)28-20(22)21-19(23)12-6-5-7-14(24-2)18(12)25-3/h4-7,9-10H,1,8,11H2,2-3H3. The molecular weight excluding hydrogens is 380 g/mol. The quantitative estimate of drug-likeness (QED) is 0.616. The third kappa shape index (κ3) is 3.01. The van der Waals surface area contributed by atoms with Crippen molar-refractivity contribution in [3.63, 3.8) is 0 Å². The summed E-state index contributed by atoms with van der Waals surface area (Å²) in [4.78, 5) is 17.8.